The van der Waals surface area contributed by atoms with Gasteiger partial charge in [-0.25, -0.2) is 0 Å². The molecular formula is C15H16OSe. The van der Waals surface area contributed by atoms with Crippen LogP contribution in [0.4, 0.5) is 0 Å². The van der Waals surface area contributed by atoms with Gasteiger partial charge in [-0.3, -0.25) is 0 Å². The van der Waals surface area contributed by atoms with Crippen LogP contribution in [0.2, 0.25) is 0 Å². The summed E-state index contributed by atoms with van der Waals surface area (Å²) in [5, 5.41) is 9.94. The van der Waals surface area contributed by atoms with Gasteiger partial charge in [-0.15, -0.1) is 0 Å². The van der Waals surface area contributed by atoms with Gasteiger partial charge in [0.25, 0.3) is 0 Å². The van der Waals surface area contributed by atoms with Crippen molar-refractivity contribution in [2.24, 2.45) is 0 Å². The molecule has 2 aromatic rings. The maximum atomic E-state index is 9.94. The molecule has 0 spiro atoms. The van der Waals surface area contributed by atoms with Crippen molar-refractivity contribution in [3.05, 3.63) is 66.2 Å². The molecule has 2 atom stereocenters. The van der Waals surface area contributed by atoms with Crippen molar-refractivity contribution in [1.82, 2.24) is 0 Å². The minimum absolute atomic E-state index is 0.228. The third-order valence-corrected chi connectivity index (χ3v) is 5.64. The first kappa shape index (κ1) is 12.4. The summed E-state index contributed by atoms with van der Waals surface area (Å²) < 4.78 is 1.33. The molecule has 1 nitrogen and oxygen atoms in total. The number of benzene rings is 2. The molecule has 0 aliphatic heterocycles. The normalized spacial score (nSPS) is 14.2. The molecule has 1 N–H and O–H groups in total. The first-order valence-electron chi connectivity index (χ1n) is 5.72. The van der Waals surface area contributed by atoms with Crippen LogP contribution in [0.15, 0.2) is 60.7 Å². The predicted octanol–water partition coefficient (Wildman–Crippen LogP) is 2.14. The Morgan fingerprint density at radius 3 is 1.94 bits per heavy atom. The Kier molecular flexibility index (Phi) is 4.38. The molecule has 2 aromatic carbocycles. The van der Waals surface area contributed by atoms with E-state index >= 15 is 0 Å². The number of rotatable bonds is 4. The van der Waals surface area contributed by atoms with Gasteiger partial charge >= 0.3 is 109 Å². The van der Waals surface area contributed by atoms with Crippen molar-refractivity contribution < 1.29 is 5.11 Å². The molecule has 0 saturated heterocycles. The average Bonchev–Trinajstić information content (AvgIpc) is 2.38. The molecule has 0 amide bonds. The molecule has 1 unspecified atom stereocenters. The Hall–Kier alpha value is -1.08. The van der Waals surface area contributed by atoms with Gasteiger partial charge in [0.1, 0.15) is 0 Å². The number of hydrogen-bond acceptors (Lipinski definition) is 1. The van der Waals surface area contributed by atoms with Crippen molar-refractivity contribution in [3.8, 4) is 0 Å². The molecule has 17 heavy (non-hydrogen) atoms. The molecule has 0 aliphatic carbocycles. The van der Waals surface area contributed by atoms with Crippen LogP contribution in [0.25, 0.3) is 0 Å². The Bertz CT molecular complexity index is 439. The van der Waals surface area contributed by atoms with Gasteiger partial charge < -0.3 is 0 Å². The van der Waals surface area contributed by atoms with Gasteiger partial charge in [0.05, 0.1) is 0 Å². The Balaban J connectivity index is 2.20. The summed E-state index contributed by atoms with van der Waals surface area (Å²) in [6.45, 7) is 1.88. The maximum absolute atomic E-state index is 9.94. The molecule has 2 heteroatoms. The van der Waals surface area contributed by atoms with Crippen LogP contribution in [0.5, 0.6) is 0 Å². The van der Waals surface area contributed by atoms with E-state index < -0.39 is 0 Å². The molecule has 0 saturated carbocycles. The van der Waals surface area contributed by atoms with Crippen molar-refractivity contribution in [2.75, 3.05) is 0 Å². The molecular weight excluding hydrogens is 275 g/mol. The van der Waals surface area contributed by atoms with Crippen LogP contribution in [-0.2, 0) is 0 Å². The second-order valence-corrected chi connectivity index (χ2v) is 6.55. The Labute approximate surface area is 109 Å². The summed E-state index contributed by atoms with van der Waals surface area (Å²) in [4.78, 5) is 0.228. The van der Waals surface area contributed by atoms with Crippen molar-refractivity contribution in [2.45, 2.75) is 17.8 Å². The van der Waals surface area contributed by atoms with E-state index in [9.17, 15) is 5.11 Å². The topological polar surface area (TPSA) is 20.2 Å². The van der Waals surface area contributed by atoms with Gasteiger partial charge in [-0.1, -0.05) is 0 Å². The van der Waals surface area contributed by atoms with E-state index in [1.807, 2.05) is 31.2 Å². The van der Waals surface area contributed by atoms with Gasteiger partial charge in [0, 0.05) is 0 Å². The van der Waals surface area contributed by atoms with Gasteiger partial charge in [0.15, 0.2) is 0 Å². The number of hydrogen-bond donors (Lipinski definition) is 1. The first-order chi connectivity index (χ1) is 8.27. The molecule has 0 aliphatic rings. The standard InChI is InChI=1S/C15H16OSe/c1-12(16)15(13-8-4-2-5-9-13)17-14-10-6-3-7-11-14/h2-12,15-16H,1H3/t12-,15?/m0/s1. The van der Waals surface area contributed by atoms with E-state index in [-0.39, 0.29) is 25.9 Å². The van der Waals surface area contributed by atoms with E-state index in [2.05, 4.69) is 36.4 Å². The molecule has 2 rings (SSSR count). The molecule has 0 aromatic heterocycles. The third kappa shape index (κ3) is 3.44. The second kappa shape index (κ2) is 6.02. The molecule has 88 valence electrons. The Morgan fingerprint density at radius 1 is 0.882 bits per heavy atom. The van der Waals surface area contributed by atoms with Crippen LogP contribution in [0, 0.1) is 0 Å². The number of aliphatic hydroxyl groups excluding tert-OH is 1. The molecule has 0 radical (unpaired) electrons. The second-order valence-electron chi connectivity index (χ2n) is 4.00. The van der Waals surface area contributed by atoms with E-state index in [1.54, 1.807) is 0 Å². The van der Waals surface area contributed by atoms with Gasteiger partial charge in [-0.05, 0) is 0 Å². The van der Waals surface area contributed by atoms with E-state index in [1.165, 1.54) is 10.0 Å². The monoisotopic (exact) mass is 292 g/mol. The SMILES string of the molecule is C[C@H](O)C([Se]c1ccccc1)c1ccccc1. The zero-order valence-electron chi connectivity index (χ0n) is 9.78. The van der Waals surface area contributed by atoms with Gasteiger partial charge in [0.2, 0.25) is 0 Å². The van der Waals surface area contributed by atoms with Crippen molar-refractivity contribution in [3.63, 3.8) is 0 Å². The first-order valence-corrected chi connectivity index (χ1v) is 7.56. The fraction of sp³-hybridized carbons (Fsp3) is 0.200. The van der Waals surface area contributed by atoms with Crippen molar-refractivity contribution in [1.29, 1.82) is 0 Å². The summed E-state index contributed by atoms with van der Waals surface area (Å²) in [5.74, 6) is 0. The van der Waals surface area contributed by atoms with Crippen molar-refractivity contribution >= 4 is 19.4 Å². The molecule has 0 heterocycles. The summed E-state index contributed by atoms with van der Waals surface area (Å²) in [6.07, 6.45) is -0.308. The fourth-order valence-electron chi connectivity index (χ4n) is 1.73. The summed E-state index contributed by atoms with van der Waals surface area (Å²) in [7, 11) is 0. The van der Waals surface area contributed by atoms with E-state index in [0.29, 0.717) is 0 Å². The summed E-state index contributed by atoms with van der Waals surface area (Å²) in [6, 6.07) is 20.7. The zero-order valence-corrected chi connectivity index (χ0v) is 11.5. The Morgan fingerprint density at radius 2 is 1.41 bits per heavy atom. The molecule has 0 bridgehead atoms. The minimum atomic E-state index is -0.308. The van der Waals surface area contributed by atoms with Crippen LogP contribution >= 0.6 is 0 Å². The van der Waals surface area contributed by atoms with Crippen LogP contribution in [-0.4, -0.2) is 26.2 Å². The zero-order chi connectivity index (χ0) is 12.1. The van der Waals surface area contributed by atoms with Crippen LogP contribution < -0.4 is 4.46 Å². The van der Waals surface area contributed by atoms with E-state index in [0.717, 1.165) is 0 Å². The third-order valence-electron chi connectivity index (χ3n) is 2.57. The van der Waals surface area contributed by atoms with Crippen LogP contribution in [0.1, 0.15) is 17.3 Å². The molecule has 0 fully saturated rings. The fourth-order valence-corrected chi connectivity index (χ4v) is 4.04. The summed E-state index contributed by atoms with van der Waals surface area (Å²) in [5.41, 5.74) is 1.23. The van der Waals surface area contributed by atoms with Gasteiger partial charge in [-0.2, -0.15) is 0 Å². The average molecular weight is 291 g/mol. The quantitative estimate of drug-likeness (QED) is 0.856. The summed E-state index contributed by atoms with van der Waals surface area (Å²) >= 11 is 0.261. The number of aliphatic hydroxyl groups is 1. The predicted molar refractivity (Wildman–Crippen MR) is 72.7 cm³/mol. The van der Waals surface area contributed by atoms with E-state index in [4.69, 9.17) is 0 Å². The van der Waals surface area contributed by atoms with Crippen LogP contribution in [0.3, 0.4) is 0 Å².